The largest absolute Gasteiger partial charge is 0.481 e. The average molecular weight is 242 g/mol. The maximum absolute atomic E-state index is 11.8. The first kappa shape index (κ1) is 15.7. The van der Waals surface area contributed by atoms with Crippen molar-refractivity contribution in [1.82, 2.24) is 0 Å². The lowest BCUT2D eigenvalue weighted by Crippen LogP contribution is -2.29. The summed E-state index contributed by atoms with van der Waals surface area (Å²) in [7, 11) is 0. The van der Waals surface area contributed by atoms with Gasteiger partial charge in [0.15, 0.2) is 0 Å². The van der Waals surface area contributed by atoms with E-state index in [0.717, 1.165) is 12.8 Å². The van der Waals surface area contributed by atoms with E-state index in [4.69, 9.17) is 9.84 Å². The second-order valence-electron chi connectivity index (χ2n) is 4.06. The van der Waals surface area contributed by atoms with E-state index in [1.54, 1.807) is 12.2 Å². The van der Waals surface area contributed by atoms with Gasteiger partial charge in [-0.25, -0.2) is 0 Å². The number of hydrogen-bond donors (Lipinski definition) is 1. The number of esters is 1. The molecule has 0 fully saturated rings. The third-order valence-electron chi connectivity index (χ3n) is 2.66. The summed E-state index contributed by atoms with van der Waals surface area (Å²) >= 11 is 0. The number of aliphatic carboxylic acids is 1. The molecule has 17 heavy (non-hydrogen) atoms. The second-order valence-corrected chi connectivity index (χ2v) is 4.06. The summed E-state index contributed by atoms with van der Waals surface area (Å²) < 4.78 is 5.08. The molecule has 2 unspecified atom stereocenters. The van der Waals surface area contributed by atoms with Crippen LogP contribution in [0.15, 0.2) is 12.2 Å². The van der Waals surface area contributed by atoms with Crippen molar-refractivity contribution >= 4 is 11.9 Å². The summed E-state index contributed by atoms with van der Waals surface area (Å²) in [5, 5.41) is 8.94. The fourth-order valence-corrected chi connectivity index (χ4v) is 1.38. The van der Waals surface area contributed by atoms with Gasteiger partial charge in [0.05, 0.1) is 18.4 Å². The molecule has 0 amide bonds. The van der Waals surface area contributed by atoms with Crippen LogP contribution in [0.4, 0.5) is 0 Å². The van der Waals surface area contributed by atoms with Crippen LogP contribution in [-0.2, 0) is 14.3 Å². The predicted octanol–water partition coefficient (Wildman–Crippen LogP) is 2.63. The number of carbonyl (C=O) groups is 2. The van der Waals surface area contributed by atoms with Crippen molar-refractivity contribution < 1.29 is 19.4 Å². The first-order chi connectivity index (χ1) is 8.04. The summed E-state index contributed by atoms with van der Waals surface area (Å²) in [5.41, 5.74) is 0. The minimum absolute atomic E-state index is 0.369. The highest BCUT2D eigenvalue weighted by molar-refractivity contribution is 5.80. The molecule has 0 aromatic rings. The van der Waals surface area contributed by atoms with Crippen LogP contribution in [0.25, 0.3) is 0 Å². The third kappa shape index (κ3) is 6.09. The Morgan fingerprint density at radius 2 is 2.06 bits per heavy atom. The highest BCUT2D eigenvalue weighted by atomic mass is 16.5. The Hall–Kier alpha value is -1.32. The molecule has 1 N–H and O–H groups in total. The molecule has 0 saturated heterocycles. The van der Waals surface area contributed by atoms with E-state index in [9.17, 15) is 9.59 Å². The van der Waals surface area contributed by atoms with Crippen LogP contribution in [0.2, 0.25) is 0 Å². The first-order valence-corrected chi connectivity index (χ1v) is 6.05. The van der Waals surface area contributed by atoms with Crippen LogP contribution < -0.4 is 0 Å². The smallest absolute Gasteiger partial charge is 0.310 e. The van der Waals surface area contributed by atoms with E-state index in [-0.39, 0.29) is 0 Å². The molecule has 0 aromatic heterocycles. The average Bonchev–Trinajstić information content (AvgIpc) is 2.29. The van der Waals surface area contributed by atoms with E-state index in [0.29, 0.717) is 13.0 Å². The molecule has 98 valence electrons. The number of ether oxygens (including phenoxy) is 1. The van der Waals surface area contributed by atoms with Gasteiger partial charge in [0.2, 0.25) is 0 Å². The maximum atomic E-state index is 11.8. The number of carboxylic acid groups (broad SMARTS) is 1. The Balaban J connectivity index is 4.44. The van der Waals surface area contributed by atoms with E-state index < -0.39 is 23.8 Å². The van der Waals surface area contributed by atoms with Crippen molar-refractivity contribution in [3.63, 3.8) is 0 Å². The Morgan fingerprint density at radius 1 is 1.41 bits per heavy atom. The molecule has 0 heterocycles. The lowest BCUT2D eigenvalue weighted by Gasteiger charge is -2.18. The van der Waals surface area contributed by atoms with Crippen molar-refractivity contribution in [3.8, 4) is 0 Å². The Labute approximate surface area is 103 Å². The monoisotopic (exact) mass is 242 g/mol. The van der Waals surface area contributed by atoms with Crippen LogP contribution in [0.1, 0.15) is 40.0 Å². The molecule has 4 heteroatoms. The van der Waals surface area contributed by atoms with Crippen molar-refractivity contribution in [2.45, 2.75) is 40.0 Å². The molecule has 0 aliphatic heterocycles. The number of carboxylic acids is 1. The normalized spacial score (nSPS) is 14.5. The molecule has 0 spiro atoms. The Kier molecular flexibility index (Phi) is 8.11. The topological polar surface area (TPSA) is 63.6 Å². The molecule has 0 saturated carbocycles. The highest BCUT2D eigenvalue weighted by Crippen LogP contribution is 2.19. The van der Waals surface area contributed by atoms with E-state index in [1.807, 2.05) is 13.8 Å². The molecular formula is C13H22O4. The first-order valence-electron chi connectivity index (χ1n) is 6.05. The molecule has 4 nitrogen and oxygen atoms in total. The van der Waals surface area contributed by atoms with Crippen LogP contribution in [0.3, 0.4) is 0 Å². The van der Waals surface area contributed by atoms with E-state index >= 15 is 0 Å². The second kappa shape index (κ2) is 8.79. The van der Waals surface area contributed by atoms with Crippen LogP contribution in [0.5, 0.6) is 0 Å². The van der Waals surface area contributed by atoms with Gasteiger partial charge in [-0.3, -0.25) is 9.59 Å². The van der Waals surface area contributed by atoms with Gasteiger partial charge in [0.1, 0.15) is 0 Å². The lowest BCUT2D eigenvalue weighted by molar-refractivity contribution is -0.157. The van der Waals surface area contributed by atoms with Gasteiger partial charge >= 0.3 is 11.9 Å². The van der Waals surface area contributed by atoms with Gasteiger partial charge in [-0.2, -0.15) is 0 Å². The van der Waals surface area contributed by atoms with E-state index in [1.165, 1.54) is 6.92 Å². The minimum Gasteiger partial charge on any atom is -0.481 e. The lowest BCUT2D eigenvalue weighted by atomic mass is 9.91. The molecular weight excluding hydrogens is 220 g/mol. The third-order valence-corrected chi connectivity index (χ3v) is 2.66. The molecule has 2 atom stereocenters. The fourth-order valence-electron chi connectivity index (χ4n) is 1.38. The number of unbranched alkanes of at least 4 members (excludes halogenated alkanes) is 1. The molecule has 0 aliphatic rings. The number of carbonyl (C=O) groups excluding carboxylic acids is 1. The molecule has 0 rings (SSSR count). The summed E-state index contributed by atoms with van der Waals surface area (Å²) in [5.74, 6) is -2.70. The van der Waals surface area contributed by atoms with Crippen LogP contribution in [0, 0.1) is 11.8 Å². The number of allylic oxidation sites excluding steroid dienone is 2. The maximum Gasteiger partial charge on any atom is 0.310 e. The fraction of sp³-hybridized carbons (Fsp3) is 0.692. The SMILES string of the molecule is CC=CCC(C(=O)OCCCC)C(C)C(=O)O. The Bertz CT molecular complexity index is 271. The van der Waals surface area contributed by atoms with Crippen LogP contribution in [-0.4, -0.2) is 23.7 Å². The molecule has 0 aromatic carbocycles. The Morgan fingerprint density at radius 3 is 2.53 bits per heavy atom. The van der Waals surface area contributed by atoms with Gasteiger partial charge in [-0.05, 0) is 19.8 Å². The van der Waals surface area contributed by atoms with Crippen molar-refractivity contribution in [2.24, 2.45) is 11.8 Å². The molecule has 0 aliphatic carbocycles. The van der Waals surface area contributed by atoms with Crippen molar-refractivity contribution in [1.29, 1.82) is 0 Å². The molecule has 0 radical (unpaired) electrons. The van der Waals surface area contributed by atoms with Gasteiger partial charge in [-0.1, -0.05) is 32.4 Å². The summed E-state index contributed by atoms with van der Waals surface area (Å²) in [4.78, 5) is 22.7. The summed E-state index contributed by atoms with van der Waals surface area (Å²) in [6, 6.07) is 0. The predicted molar refractivity (Wildman–Crippen MR) is 65.6 cm³/mol. The molecule has 0 bridgehead atoms. The van der Waals surface area contributed by atoms with Gasteiger partial charge in [0, 0.05) is 0 Å². The zero-order valence-electron chi connectivity index (χ0n) is 10.8. The zero-order valence-corrected chi connectivity index (χ0v) is 10.8. The van der Waals surface area contributed by atoms with Crippen molar-refractivity contribution in [3.05, 3.63) is 12.2 Å². The minimum atomic E-state index is -0.966. The van der Waals surface area contributed by atoms with Crippen molar-refractivity contribution in [2.75, 3.05) is 6.61 Å². The highest BCUT2D eigenvalue weighted by Gasteiger charge is 2.30. The van der Waals surface area contributed by atoms with Gasteiger partial charge in [0.25, 0.3) is 0 Å². The van der Waals surface area contributed by atoms with Gasteiger partial charge in [-0.15, -0.1) is 0 Å². The van der Waals surface area contributed by atoms with Gasteiger partial charge < -0.3 is 9.84 Å². The number of rotatable bonds is 8. The standard InChI is InChI=1S/C13H22O4/c1-4-6-8-11(10(3)12(14)15)13(16)17-9-7-5-2/h4,6,10-11H,5,7-9H2,1-3H3,(H,14,15). The summed E-state index contributed by atoms with van der Waals surface area (Å²) in [6.45, 7) is 5.75. The quantitative estimate of drug-likeness (QED) is 0.404. The summed E-state index contributed by atoms with van der Waals surface area (Å²) in [6.07, 6.45) is 5.77. The van der Waals surface area contributed by atoms with E-state index in [2.05, 4.69) is 0 Å². The zero-order chi connectivity index (χ0) is 13.3. The number of hydrogen-bond acceptors (Lipinski definition) is 3. The van der Waals surface area contributed by atoms with Crippen LogP contribution >= 0.6 is 0 Å².